The zero-order valence-electron chi connectivity index (χ0n) is 7.77. The van der Waals surface area contributed by atoms with Crippen molar-refractivity contribution in [3.8, 4) is 0 Å². The lowest BCUT2D eigenvalue weighted by Crippen LogP contribution is -1.91. The molecule has 0 radical (unpaired) electrons. The second kappa shape index (κ2) is 4.89. The molecule has 0 amide bonds. The summed E-state index contributed by atoms with van der Waals surface area (Å²) in [6, 6.07) is 0. The molecule has 0 saturated heterocycles. The Morgan fingerprint density at radius 3 is 2.18 bits per heavy atom. The Balaban J connectivity index is 4.80. The van der Waals surface area contributed by atoms with Gasteiger partial charge in [0.2, 0.25) is 0 Å². The van der Waals surface area contributed by atoms with Gasteiger partial charge in [-0.05, 0) is 32.8 Å². The minimum atomic E-state index is 0.856. The molecule has 62 valence electrons. The molecule has 0 rings (SSSR count). The van der Waals surface area contributed by atoms with Crippen LogP contribution < -0.4 is 0 Å². The maximum atomic E-state index is 10.6. The molecular weight excluding hydrogens is 136 g/mol. The first-order chi connectivity index (χ1) is 5.17. The van der Waals surface area contributed by atoms with Crippen LogP contribution in [0.5, 0.6) is 0 Å². The zero-order chi connectivity index (χ0) is 8.85. The SMILES string of the molecule is C/C=C(C)/C(C=O)=C(\C)CC. The zero-order valence-corrected chi connectivity index (χ0v) is 7.77. The van der Waals surface area contributed by atoms with Crippen molar-refractivity contribution < 1.29 is 4.79 Å². The van der Waals surface area contributed by atoms with Crippen LogP contribution >= 0.6 is 0 Å². The number of hydrogen-bond acceptors (Lipinski definition) is 1. The van der Waals surface area contributed by atoms with Gasteiger partial charge in [-0.2, -0.15) is 0 Å². The highest BCUT2D eigenvalue weighted by Gasteiger charge is 2.00. The summed E-state index contributed by atoms with van der Waals surface area (Å²) in [7, 11) is 0. The van der Waals surface area contributed by atoms with Crippen LogP contribution in [-0.2, 0) is 4.79 Å². The molecule has 0 saturated carbocycles. The third-order valence-corrected chi connectivity index (χ3v) is 1.97. The number of aldehydes is 1. The summed E-state index contributed by atoms with van der Waals surface area (Å²) in [6.07, 6.45) is 3.84. The van der Waals surface area contributed by atoms with E-state index in [2.05, 4.69) is 6.92 Å². The molecular formula is C10H16O. The van der Waals surface area contributed by atoms with Crippen molar-refractivity contribution in [3.05, 3.63) is 22.8 Å². The summed E-state index contributed by atoms with van der Waals surface area (Å²) in [4.78, 5) is 10.6. The third-order valence-electron chi connectivity index (χ3n) is 1.97. The van der Waals surface area contributed by atoms with E-state index in [1.165, 1.54) is 0 Å². The van der Waals surface area contributed by atoms with Crippen molar-refractivity contribution in [3.63, 3.8) is 0 Å². The number of allylic oxidation sites excluding steroid dienone is 4. The van der Waals surface area contributed by atoms with Crippen LogP contribution in [0.3, 0.4) is 0 Å². The summed E-state index contributed by atoms with van der Waals surface area (Å²) in [5.41, 5.74) is 3.09. The topological polar surface area (TPSA) is 17.1 Å². The van der Waals surface area contributed by atoms with Crippen molar-refractivity contribution in [2.45, 2.75) is 34.1 Å². The molecule has 0 atom stereocenters. The van der Waals surface area contributed by atoms with Gasteiger partial charge in [-0.15, -0.1) is 0 Å². The maximum absolute atomic E-state index is 10.6. The van der Waals surface area contributed by atoms with E-state index >= 15 is 0 Å². The fraction of sp³-hybridized carbons (Fsp3) is 0.500. The van der Waals surface area contributed by atoms with Gasteiger partial charge >= 0.3 is 0 Å². The van der Waals surface area contributed by atoms with Crippen LogP contribution in [0.15, 0.2) is 22.8 Å². The predicted molar refractivity (Wildman–Crippen MR) is 48.5 cm³/mol. The smallest absolute Gasteiger partial charge is 0.150 e. The highest BCUT2D eigenvalue weighted by molar-refractivity contribution is 5.80. The lowest BCUT2D eigenvalue weighted by Gasteiger charge is -2.03. The fourth-order valence-corrected chi connectivity index (χ4v) is 0.876. The molecule has 0 aliphatic heterocycles. The summed E-state index contributed by atoms with van der Waals surface area (Å²) >= 11 is 0. The third kappa shape index (κ3) is 2.71. The van der Waals surface area contributed by atoms with E-state index in [9.17, 15) is 4.79 Å². The largest absolute Gasteiger partial charge is 0.298 e. The fourth-order valence-electron chi connectivity index (χ4n) is 0.876. The van der Waals surface area contributed by atoms with Gasteiger partial charge in [-0.3, -0.25) is 4.79 Å². The van der Waals surface area contributed by atoms with Crippen molar-refractivity contribution in [2.24, 2.45) is 0 Å². The molecule has 0 heterocycles. The van der Waals surface area contributed by atoms with Gasteiger partial charge in [-0.1, -0.05) is 18.6 Å². The van der Waals surface area contributed by atoms with Crippen molar-refractivity contribution in [2.75, 3.05) is 0 Å². The first-order valence-electron chi connectivity index (χ1n) is 3.95. The van der Waals surface area contributed by atoms with Gasteiger partial charge < -0.3 is 0 Å². The molecule has 0 aromatic heterocycles. The van der Waals surface area contributed by atoms with Gasteiger partial charge in [0.1, 0.15) is 6.29 Å². The molecule has 0 spiro atoms. The summed E-state index contributed by atoms with van der Waals surface area (Å²) in [6.45, 7) is 7.96. The van der Waals surface area contributed by atoms with Gasteiger partial charge in [-0.25, -0.2) is 0 Å². The predicted octanol–water partition coefficient (Wildman–Crippen LogP) is 2.88. The Labute approximate surface area is 68.8 Å². The Hall–Kier alpha value is -0.850. The molecule has 1 heteroatoms. The molecule has 1 nitrogen and oxygen atoms in total. The minimum absolute atomic E-state index is 0.856. The molecule has 0 aliphatic rings. The molecule has 11 heavy (non-hydrogen) atoms. The highest BCUT2D eigenvalue weighted by Crippen LogP contribution is 2.13. The van der Waals surface area contributed by atoms with E-state index in [4.69, 9.17) is 0 Å². The number of carbonyl (C=O) groups is 1. The van der Waals surface area contributed by atoms with Crippen LogP contribution in [0.2, 0.25) is 0 Å². The van der Waals surface area contributed by atoms with E-state index in [0.717, 1.165) is 29.4 Å². The van der Waals surface area contributed by atoms with E-state index in [1.54, 1.807) is 0 Å². The summed E-state index contributed by atoms with van der Waals surface area (Å²) < 4.78 is 0. The van der Waals surface area contributed by atoms with Crippen LogP contribution in [0.4, 0.5) is 0 Å². The lowest BCUT2D eigenvalue weighted by atomic mass is 10.0. The monoisotopic (exact) mass is 152 g/mol. The van der Waals surface area contributed by atoms with Gasteiger partial charge in [0, 0.05) is 5.57 Å². The van der Waals surface area contributed by atoms with Gasteiger partial charge in [0.25, 0.3) is 0 Å². The second-order valence-electron chi connectivity index (χ2n) is 2.64. The van der Waals surface area contributed by atoms with E-state index < -0.39 is 0 Å². The van der Waals surface area contributed by atoms with Crippen molar-refractivity contribution >= 4 is 6.29 Å². The molecule has 0 aromatic carbocycles. The molecule has 0 N–H and O–H groups in total. The van der Waals surface area contributed by atoms with Crippen molar-refractivity contribution in [1.82, 2.24) is 0 Å². The van der Waals surface area contributed by atoms with Gasteiger partial charge in [0.05, 0.1) is 0 Å². The molecule has 0 aliphatic carbocycles. The van der Waals surface area contributed by atoms with Crippen LogP contribution in [0.1, 0.15) is 34.1 Å². The molecule has 0 aromatic rings. The highest BCUT2D eigenvalue weighted by atomic mass is 16.1. The lowest BCUT2D eigenvalue weighted by molar-refractivity contribution is -0.104. The van der Waals surface area contributed by atoms with Gasteiger partial charge in [0.15, 0.2) is 0 Å². The Morgan fingerprint density at radius 1 is 1.36 bits per heavy atom. The summed E-state index contributed by atoms with van der Waals surface area (Å²) in [5, 5.41) is 0. The van der Waals surface area contributed by atoms with Crippen LogP contribution in [0.25, 0.3) is 0 Å². The summed E-state index contributed by atoms with van der Waals surface area (Å²) in [5.74, 6) is 0. The van der Waals surface area contributed by atoms with Crippen LogP contribution in [-0.4, -0.2) is 6.29 Å². The molecule has 0 bridgehead atoms. The normalized spacial score (nSPS) is 14.4. The first kappa shape index (κ1) is 10.2. The average Bonchev–Trinajstić information content (AvgIpc) is 2.05. The van der Waals surface area contributed by atoms with E-state index in [-0.39, 0.29) is 0 Å². The number of carbonyl (C=O) groups excluding carboxylic acids is 1. The Kier molecular flexibility index (Phi) is 4.51. The molecule has 0 unspecified atom stereocenters. The minimum Gasteiger partial charge on any atom is -0.298 e. The van der Waals surface area contributed by atoms with E-state index in [0.29, 0.717) is 0 Å². The Bertz CT molecular complexity index is 197. The average molecular weight is 152 g/mol. The standard InChI is InChI=1S/C10H16O/c1-5-8(3)10(7-11)9(4)6-2/h5,7H,6H2,1-4H3/b8-5+,10-9+. The van der Waals surface area contributed by atoms with Crippen molar-refractivity contribution in [1.29, 1.82) is 0 Å². The van der Waals surface area contributed by atoms with Crippen LogP contribution in [0, 0.1) is 0 Å². The number of rotatable bonds is 3. The maximum Gasteiger partial charge on any atom is 0.150 e. The first-order valence-corrected chi connectivity index (χ1v) is 3.95. The van der Waals surface area contributed by atoms with E-state index in [1.807, 2.05) is 26.8 Å². The Morgan fingerprint density at radius 2 is 1.91 bits per heavy atom. The molecule has 0 fully saturated rings. The quantitative estimate of drug-likeness (QED) is 0.345. The second-order valence-corrected chi connectivity index (χ2v) is 2.64. The number of hydrogen-bond donors (Lipinski definition) is 0.